The number of carbonyl (C=O) groups excluding carboxylic acids is 1. The van der Waals surface area contributed by atoms with Crippen LogP contribution in [0.2, 0.25) is 0 Å². The van der Waals surface area contributed by atoms with Gasteiger partial charge in [-0.3, -0.25) is 4.79 Å². The second-order valence-electron chi connectivity index (χ2n) is 7.45. The van der Waals surface area contributed by atoms with Crippen LogP contribution in [0.15, 0.2) is 42.5 Å². The zero-order valence-electron chi connectivity index (χ0n) is 18.1. The number of carbonyl (C=O) groups is 1. The number of nitrogens with zero attached hydrogens (tertiary/aromatic N) is 1. The molecule has 30 heavy (non-hydrogen) atoms. The summed E-state index contributed by atoms with van der Waals surface area (Å²) >= 11 is 0. The molecule has 0 heterocycles. The van der Waals surface area contributed by atoms with Gasteiger partial charge < -0.3 is 14.8 Å². The van der Waals surface area contributed by atoms with Gasteiger partial charge in [0.1, 0.15) is 0 Å². The summed E-state index contributed by atoms with van der Waals surface area (Å²) in [4.78, 5) is 12.4. The molecule has 2 aromatic rings. The summed E-state index contributed by atoms with van der Waals surface area (Å²) in [5.41, 5.74) is 2.73. The average molecular weight is 435 g/mol. The maximum absolute atomic E-state index is 12.4. The Morgan fingerprint density at radius 2 is 1.70 bits per heavy atom. The molecule has 0 spiro atoms. The number of benzene rings is 2. The molecule has 1 amide bonds. The summed E-state index contributed by atoms with van der Waals surface area (Å²) in [6, 6.07) is 13.0. The molecule has 0 aliphatic carbocycles. The Bertz CT molecular complexity index is 956. The van der Waals surface area contributed by atoms with Gasteiger partial charge in [0, 0.05) is 13.1 Å². The van der Waals surface area contributed by atoms with Crippen molar-refractivity contribution in [1.82, 2.24) is 9.62 Å². The van der Waals surface area contributed by atoms with Crippen molar-refractivity contribution in [3.8, 4) is 11.5 Å². The molecule has 7 nitrogen and oxygen atoms in total. The highest BCUT2D eigenvalue weighted by molar-refractivity contribution is 7.88. The van der Waals surface area contributed by atoms with Crippen molar-refractivity contribution in [1.29, 1.82) is 0 Å². The minimum absolute atomic E-state index is 0.0139. The second kappa shape index (κ2) is 10.4. The minimum atomic E-state index is -3.54. The van der Waals surface area contributed by atoms with Gasteiger partial charge in [0.2, 0.25) is 15.9 Å². The largest absolute Gasteiger partial charge is 0.493 e. The Morgan fingerprint density at radius 3 is 2.27 bits per heavy atom. The molecule has 0 fully saturated rings. The van der Waals surface area contributed by atoms with Crippen molar-refractivity contribution in [2.75, 3.05) is 19.9 Å². The first-order valence-electron chi connectivity index (χ1n) is 9.69. The molecular weight excluding hydrogens is 404 g/mol. The third kappa shape index (κ3) is 7.35. The summed E-state index contributed by atoms with van der Waals surface area (Å²) in [6.45, 7) is 5.96. The zero-order chi connectivity index (χ0) is 22.3. The number of amides is 1. The van der Waals surface area contributed by atoms with Crippen molar-refractivity contribution >= 4 is 15.9 Å². The van der Waals surface area contributed by atoms with Gasteiger partial charge in [-0.15, -0.1) is 0 Å². The van der Waals surface area contributed by atoms with Gasteiger partial charge in [-0.05, 0) is 44.0 Å². The lowest BCUT2D eigenvalue weighted by atomic mass is 10.1. The summed E-state index contributed by atoms with van der Waals surface area (Å²) in [7, 11) is -1.99. The zero-order valence-corrected chi connectivity index (χ0v) is 19.0. The van der Waals surface area contributed by atoms with Crippen molar-refractivity contribution in [3.05, 3.63) is 59.2 Å². The highest BCUT2D eigenvalue weighted by atomic mass is 32.2. The SMILES string of the molecule is COc1cc(CNC(=O)CN(Cc2ccc(C)cc2)S(C)(=O)=O)ccc1OC(C)C. The van der Waals surface area contributed by atoms with E-state index in [4.69, 9.17) is 9.47 Å². The number of methoxy groups -OCH3 is 1. The lowest BCUT2D eigenvalue weighted by Gasteiger charge is -2.20. The van der Waals surface area contributed by atoms with E-state index >= 15 is 0 Å². The predicted molar refractivity (Wildman–Crippen MR) is 117 cm³/mol. The molecule has 1 N–H and O–H groups in total. The number of sulfonamides is 1. The van der Waals surface area contributed by atoms with Gasteiger partial charge in [-0.25, -0.2) is 8.42 Å². The van der Waals surface area contributed by atoms with Gasteiger partial charge in [0.05, 0.1) is 26.0 Å². The molecule has 0 radical (unpaired) electrons. The van der Waals surface area contributed by atoms with Crippen molar-refractivity contribution in [2.24, 2.45) is 0 Å². The Morgan fingerprint density at radius 1 is 1.07 bits per heavy atom. The Kier molecular flexibility index (Phi) is 8.25. The maximum atomic E-state index is 12.4. The van der Waals surface area contributed by atoms with Crippen LogP contribution in [0.1, 0.15) is 30.5 Å². The van der Waals surface area contributed by atoms with Crippen molar-refractivity contribution < 1.29 is 22.7 Å². The third-order valence-electron chi connectivity index (χ3n) is 4.35. The van der Waals surface area contributed by atoms with E-state index in [0.29, 0.717) is 11.5 Å². The lowest BCUT2D eigenvalue weighted by molar-refractivity contribution is -0.121. The molecule has 2 rings (SSSR count). The van der Waals surface area contributed by atoms with Crippen LogP contribution in [-0.2, 0) is 27.9 Å². The van der Waals surface area contributed by atoms with Gasteiger partial charge in [-0.2, -0.15) is 4.31 Å². The van der Waals surface area contributed by atoms with Crippen LogP contribution in [0.5, 0.6) is 11.5 Å². The topological polar surface area (TPSA) is 84.9 Å². The fourth-order valence-electron chi connectivity index (χ4n) is 2.78. The number of aryl methyl sites for hydroxylation is 1. The normalized spacial score (nSPS) is 11.6. The Balaban J connectivity index is 2.01. The quantitative estimate of drug-likeness (QED) is 0.622. The fourth-order valence-corrected chi connectivity index (χ4v) is 3.51. The average Bonchev–Trinajstić information content (AvgIpc) is 2.67. The molecule has 0 atom stereocenters. The molecule has 0 saturated heterocycles. The summed E-state index contributed by atoms with van der Waals surface area (Å²) < 4.78 is 36.5. The molecule has 0 aliphatic rings. The second-order valence-corrected chi connectivity index (χ2v) is 9.43. The fraction of sp³-hybridized carbons (Fsp3) is 0.409. The number of ether oxygens (including phenoxy) is 2. The van der Waals surface area contributed by atoms with Gasteiger partial charge in [-0.1, -0.05) is 35.9 Å². The van der Waals surface area contributed by atoms with E-state index < -0.39 is 10.0 Å². The minimum Gasteiger partial charge on any atom is -0.493 e. The molecule has 0 bridgehead atoms. The third-order valence-corrected chi connectivity index (χ3v) is 5.55. The van der Waals surface area contributed by atoms with Crippen LogP contribution >= 0.6 is 0 Å². The molecule has 0 saturated carbocycles. The smallest absolute Gasteiger partial charge is 0.235 e. The first-order valence-corrected chi connectivity index (χ1v) is 11.5. The van der Waals surface area contributed by atoms with Crippen LogP contribution in [-0.4, -0.2) is 44.6 Å². The van der Waals surface area contributed by atoms with E-state index in [1.807, 2.05) is 51.1 Å². The van der Waals surface area contributed by atoms with Crippen LogP contribution in [0, 0.1) is 6.92 Å². The number of hydrogen-bond donors (Lipinski definition) is 1. The van der Waals surface area contributed by atoms with E-state index in [1.165, 1.54) is 0 Å². The lowest BCUT2D eigenvalue weighted by Crippen LogP contribution is -2.39. The highest BCUT2D eigenvalue weighted by Crippen LogP contribution is 2.28. The maximum Gasteiger partial charge on any atom is 0.235 e. The van der Waals surface area contributed by atoms with E-state index in [2.05, 4.69) is 5.32 Å². The molecule has 164 valence electrons. The molecule has 0 aromatic heterocycles. The van der Waals surface area contributed by atoms with Gasteiger partial charge in [0.15, 0.2) is 11.5 Å². The monoisotopic (exact) mass is 434 g/mol. The Labute approximate surface area is 179 Å². The summed E-state index contributed by atoms with van der Waals surface area (Å²) in [5.74, 6) is 0.825. The highest BCUT2D eigenvalue weighted by Gasteiger charge is 2.20. The Hall–Kier alpha value is -2.58. The van der Waals surface area contributed by atoms with Crippen LogP contribution in [0.25, 0.3) is 0 Å². The summed E-state index contributed by atoms with van der Waals surface area (Å²) in [6.07, 6.45) is 1.12. The number of hydrogen-bond acceptors (Lipinski definition) is 5. The first-order chi connectivity index (χ1) is 14.1. The van der Waals surface area contributed by atoms with E-state index in [9.17, 15) is 13.2 Å². The van der Waals surface area contributed by atoms with Crippen LogP contribution in [0.4, 0.5) is 0 Å². The predicted octanol–water partition coefficient (Wildman–Crippen LogP) is 2.87. The molecular formula is C22H30N2O5S. The van der Waals surface area contributed by atoms with Crippen molar-refractivity contribution in [3.63, 3.8) is 0 Å². The standard InChI is InChI=1S/C22H30N2O5S/c1-16(2)29-20-11-10-19(12-21(20)28-4)13-23-22(25)15-24(30(5,26)27)14-18-8-6-17(3)7-9-18/h6-12,16H,13-15H2,1-5H3,(H,23,25). The van der Waals surface area contributed by atoms with E-state index in [-0.39, 0.29) is 31.6 Å². The van der Waals surface area contributed by atoms with E-state index in [0.717, 1.165) is 27.3 Å². The van der Waals surface area contributed by atoms with Gasteiger partial charge in [0.25, 0.3) is 0 Å². The molecule has 0 aliphatic heterocycles. The van der Waals surface area contributed by atoms with Crippen LogP contribution < -0.4 is 14.8 Å². The van der Waals surface area contributed by atoms with Gasteiger partial charge >= 0.3 is 0 Å². The first kappa shape index (κ1) is 23.7. The summed E-state index contributed by atoms with van der Waals surface area (Å²) in [5, 5.41) is 2.77. The van der Waals surface area contributed by atoms with Crippen LogP contribution in [0.3, 0.4) is 0 Å². The molecule has 0 unspecified atom stereocenters. The van der Waals surface area contributed by atoms with E-state index in [1.54, 1.807) is 19.2 Å². The number of nitrogens with one attached hydrogen (secondary N) is 1. The molecule has 2 aromatic carbocycles. The number of rotatable bonds is 10. The molecule has 8 heteroatoms. The van der Waals surface area contributed by atoms with Crippen molar-refractivity contribution in [2.45, 2.75) is 40.0 Å².